The van der Waals surface area contributed by atoms with Crippen molar-refractivity contribution in [3.8, 4) is 0 Å². The normalized spacial score (nSPS) is 16.8. The fraction of sp³-hybridized carbons (Fsp3) is 1.00. The quantitative estimate of drug-likeness (QED) is 0.623. The maximum atomic E-state index is 3.24. The molecule has 0 aromatic rings. The monoisotopic (exact) mass is 143 g/mol. The van der Waals surface area contributed by atoms with Crippen LogP contribution in [0, 0.1) is 5.92 Å². The summed E-state index contributed by atoms with van der Waals surface area (Å²) >= 11 is 0. The van der Waals surface area contributed by atoms with E-state index in [2.05, 4.69) is 26.1 Å². The Morgan fingerprint density at radius 2 is 1.80 bits per heavy atom. The van der Waals surface area contributed by atoms with Gasteiger partial charge < -0.3 is 5.32 Å². The van der Waals surface area contributed by atoms with E-state index in [1.807, 2.05) is 7.05 Å². The first-order chi connectivity index (χ1) is 4.70. The molecule has 0 aromatic heterocycles. The Balaban J connectivity index is 3.17. The molecular formula is C9H21N. The van der Waals surface area contributed by atoms with Crippen LogP contribution in [0.1, 0.15) is 40.0 Å². The molecule has 62 valence electrons. The third kappa shape index (κ3) is 4.80. The van der Waals surface area contributed by atoms with E-state index in [9.17, 15) is 0 Å². The first-order valence-corrected chi connectivity index (χ1v) is 4.38. The number of hydrogen-bond acceptors (Lipinski definition) is 1. The van der Waals surface area contributed by atoms with Crippen molar-refractivity contribution in [3.63, 3.8) is 0 Å². The zero-order valence-corrected chi connectivity index (χ0v) is 7.78. The standard InChI is InChI=1S/C9H21N/c1-5-8(2)6-7-9(3)10-4/h8-10H,5-7H2,1-4H3/t8-,9?/m0/s1. The lowest BCUT2D eigenvalue weighted by Crippen LogP contribution is -2.21. The van der Waals surface area contributed by atoms with Gasteiger partial charge in [-0.25, -0.2) is 0 Å². The third-order valence-electron chi connectivity index (χ3n) is 2.28. The first kappa shape index (κ1) is 9.96. The summed E-state index contributed by atoms with van der Waals surface area (Å²) in [4.78, 5) is 0. The summed E-state index contributed by atoms with van der Waals surface area (Å²) in [7, 11) is 2.03. The van der Waals surface area contributed by atoms with Gasteiger partial charge >= 0.3 is 0 Å². The van der Waals surface area contributed by atoms with E-state index in [1.54, 1.807) is 0 Å². The lowest BCUT2D eigenvalue weighted by Gasteiger charge is -2.12. The van der Waals surface area contributed by atoms with Crippen LogP contribution < -0.4 is 5.32 Å². The number of hydrogen-bond donors (Lipinski definition) is 1. The molecule has 1 N–H and O–H groups in total. The molecule has 0 saturated carbocycles. The highest BCUT2D eigenvalue weighted by Gasteiger charge is 2.01. The van der Waals surface area contributed by atoms with Gasteiger partial charge in [-0.2, -0.15) is 0 Å². The lowest BCUT2D eigenvalue weighted by molar-refractivity contribution is 0.443. The van der Waals surface area contributed by atoms with Gasteiger partial charge in [0.05, 0.1) is 0 Å². The van der Waals surface area contributed by atoms with E-state index in [1.165, 1.54) is 19.3 Å². The average Bonchev–Trinajstić information content (AvgIpc) is 1.99. The van der Waals surface area contributed by atoms with Crippen LogP contribution in [0.3, 0.4) is 0 Å². The second-order valence-corrected chi connectivity index (χ2v) is 3.28. The zero-order valence-electron chi connectivity index (χ0n) is 7.78. The van der Waals surface area contributed by atoms with Crippen LogP contribution in [-0.4, -0.2) is 13.1 Å². The van der Waals surface area contributed by atoms with Crippen LogP contribution in [0.5, 0.6) is 0 Å². The molecule has 0 aromatic carbocycles. The molecule has 1 heteroatoms. The van der Waals surface area contributed by atoms with Gasteiger partial charge in [-0.1, -0.05) is 20.3 Å². The van der Waals surface area contributed by atoms with Crippen molar-refractivity contribution in [2.45, 2.75) is 46.1 Å². The Labute approximate surface area is 65.2 Å². The maximum Gasteiger partial charge on any atom is 0.00358 e. The summed E-state index contributed by atoms with van der Waals surface area (Å²) in [5.74, 6) is 0.899. The molecule has 1 unspecified atom stereocenters. The van der Waals surface area contributed by atoms with Gasteiger partial charge in [-0.3, -0.25) is 0 Å². The highest BCUT2D eigenvalue weighted by atomic mass is 14.8. The van der Waals surface area contributed by atoms with Crippen molar-refractivity contribution in [2.75, 3.05) is 7.05 Å². The summed E-state index contributed by atoms with van der Waals surface area (Å²) in [6.45, 7) is 6.82. The Kier molecular flexibility index (Phi) is 5.70. The van der Waals surface area contributed by atoms with Crippen LogP contribution in [0.4, 0.5) is 0 Å². The average molecular weight is 143 g/mol. The highest BCUT2D eigenvalue weighted by molar-refractivity contribution is 4.59. The molecular weight excluding hydrogens is 122 g/mol. The Morgan fingerprint density at radius 1 is 1.20 bits per heavy atom. The van der Waals surface area contributed by atoms with E-state index in [-0.39, 0.29) is 0 Å². The largest absolute Gasteiger partial charge is 0.317 e. The van der Waals surface area contributed by atoms with Gasteiger partial charge in [0.25, 0.3) is 0 Å². The molecule has 0 bridgehead atoms. The van der Waals surface area contributed by atoms with Crippen molar-refractivity contribution < 1.29 is 0 Å². The van der Waals surface area contributed by atoms with Crippen molar-refractivity contribution in [2.24, 2.45) is 5.92 Å². The van der Waals surface area contributed by atoms with E-state index in [0.717, 1.165) is 5.92 Å². The van der Waals surface area contributed by atoms with Gasteiger partial charge in [0.2, 0.25) is 0 Å². The molecule has 0 spiro atoms. The fourth-order valence-corrected chi connectivity index (χ4v) is 0.883. The maximum absolute atomic E-state index is 3.24. The van der Waals surface area contributed by atoms with Crippen molar-refractivity contribution >= 4 is 0 Å². The van der Waals surface area contributed by atoms with Crippen molar-refractivity contribution in [1.82, 2.24) is 5.32 Å². The van der Waals surface area contributed by atoms with E-state index in [4.69, 9.17) is 0 Å². The topological polar surface area (TPSA) is 12.0 Å². The molecule has 0 rings (SSSR count). The highest BCUT2D eigenvalue weighted by Crippen LogP contribution is 2.10. The van der Waals surface area contributed by atoms with Crippen LogP contribution in [-0.2, 0) is 0 Å². The molecule has 0 amide bonds. The SMILES string of the molecule is CC[C@H](C)CCC(C)NC. The van der Waals surface area contributed by atoms with Gasteiger partial charge in [0.1, 0.15) is 0 Å². The molecule has 1 nitrogen and oxygen atoms in total. The van der Waals surface area contributed by atoms with E-state index < -0.39 is 0 Å². The molecule has 0 aliphatic rings. The summed E-state index contributed by atoms with van der Waals surface area (Å²) < 4.78 is 0. The predicted molar refractivity (Wildman–Crippen MR) is 47.2 cm³/mol. The van der Waals surface area contributed by atoms with Crippen molar-refractivity contribution in [3.05, 3.63) is 0 Å². The molecule has 10 heavy (non-hydrogen) atoms. The summed E-state index contributed by atoms with van der Waals surface area (Å²) in [6.07, 6.45) is 3.99. The van der Waals surface area contributed by atoms with E-state index in [0.29, 0.717) is 6.04 Å². The van der Waals surface area contributed by atoms with Gasteiger partial charge in [-0.15, -0.1) is 0 Å². The molecule has 2 atom stereocenters. The summed E-state index contributed by atoms with van der Waals surface area (Å²) in [6, 6.07) is 0.689. The molecule has 0 saturated heterocycles. The summed E-state index contributed by atoms with van der Waals surface area (Å²) in [5.41, 5.74) is 0. The molecule has 0 heterocycles. The third-order valence-corrected chi connectivity index (χ3v) is 2.28. The Hall–Kier alpha value is -0.0400. The predicted octanol–water partition coefficient (Wildman–Crippen LogP) is 2.42. The number of rotatable bonds is 5. The van der Waals surface area contributed by atoms with Crippen LogP contribution in [0.2, 0.25) is 0 Å². The van der Waals surface area contributed by atoms with Crippen molar-refractivity contribution in [1.29, 1.82) is 0 Å². The Morgan fingerprint density at radius 3 is 2.20 bits per heavy atom. The first-order valence-electron chi connectivity index (χ1n) is 4.38. The smallest absolute Gasteiger partial charge is 0.00358 e. The second kappa shape index (κ2) is 5.72. The zero-order chi connectivity index (χ0) is 7.98. The molecule has 0 aliphatic heterocycles. The van der Waals surface area contributed by atoms with Crippen LogP contribution in [0.25, 0.3) is 0 Å². The second-order valence-electron chi connectivity index (χ2n) is 3.28. The molecule has 0 aliphatic carbocycles. The van der Waals surface area contributed by atoms with Gasteiger partial charge in [0.15, 0.2) is 0 Å². The van der Waals surface area contributed by atoms with E-state index >= 15 is 0 Å². The minimum absolute atomic E-state index is 0.689. The number of nitrogens with one attached hydrogen (secondary N) is 1. The van der Waals surface area contributed by atoms with Crippen LogP contribution >= 0.6 is 0 Å². The van der Waals surface area contributed by atoms with Crippen LogP contribution in [0.15, 0.2) is 0 Å². The molecule has 0 radical (unpaired) electrons. The minimum atomic E-state index is 0.689. The minimum Gasteiger partial charge on any atom is -0.317 e. The lowest BCUT2D eigenvalue weighted by atomic mass is 10.0. The molecule has 0 fully saturated rings. The fourth-order valence-electron chi connectivity index (χ4n) is 0.883. The summed E-state index contributed by atoms with van der Waals surface area (Å²) in [5, 5.41) is 3.24. The van der Waals surface area contributed by atoms with Gasteiger partial charge in [0, 0.05) is 6.04 Å². The Bertz CT molecular complexity index is 61.1. The van der Waals surface area contributed by atoms with Gasteiger partial charge in [-0.05, 0) is 32.7 Å².